The number of imide groups is 1. The molecule has 4 nitrogen and oxygen atoms in total. The van der Waals surface area contributed by atoms with Crippen LogP contribution < -0.4 is 0 Å². The lowest BCUT2D eigenvalue weighted by atomic mass is 10.1. The molecule has 1 saturated heterocycles. The SMILES string of the molecule is O=C(CN1C(=O)S/C(=C/c2ccc(Cl)cc2Cl)C1=O)c1ccc(Cl)cc1. The Morgan fingerprint density at radius 3 is 2.31 bits per heavy atom. The Hall–Kier alpha value is -1.79. The number of nitrogens with zero attached hydrogens (tertiary/aromatic N) is 1. The number of thioether (sulfide) groups is 1. The van der Waals surface area contributed by atoms with E-state index in [1.165, 1.54) is 6.08 Å². The van der Waals surface area contributed by atoms with Gasteiger partial charge in [-0.1, -0.05) is 40.9 Å². The van der Waals surface area contributed by atoms with Crippen molar-refractivity contribution < 1.29 is 14.4 Å². The molecule has 2 amide bonds. The van der Waals surface area contributed by atoms with Crippen LogP contribution in [0.5, 0.6) is 0 Å². The number of ketones is 1. The topological polar surface area (TPSA) is 54.5 Å². The van der Waals surface area contributed by atoms with E-state index >= 15 is 0 Å². The molecule has 0 unspecified atom stereocenters. The molecule has 0 bridgehead atoms. The van der Waals surface area contributed by atoms with Crippen molar-refractivity contribution in [2.75, 3.05) is 6.54 Å². The quantitative estimate of drug-likeness (QED) is 0.474. The van der Waals surface area contributed by atoms with Gasteiger partial charge in [-0.3, -0.25) is 19.3 Å². The van der Waals surface area contributed by atoms with E-state index < -0.39 is 11.1 Å². The summed E-state index contributed by atoms with van der Waals surface area (Å²) < 4.78 is 0. The zero-order chi connectivity index (χ0) is 18.8. The lowest BCUT2D eigenvalue weighted by Gasteiger charge is -2.11. The third-order valence-electron chi connectivity index (χ3n) is 3.59. The number of rotatable bonds is 4. The van der Waals surface area contributed by atoms with Crippen LogP contribution in [0.25, 0.3) is 6.08 Å². The first-order chi connectivity index (χ1) is 12.3. The van der Waals surface area contributed by atoms with Gasteiger partial charge >= 0.3 is 0 Å². The van der Waals surface area contributed by atoms with Crippen LogP contribution in [-0.4, -0.2) is 28.4 Å². The number of carbonyl (C=O) groups is 3. The van der Waals surface area contributed by atoms with Crippen LogP contribution in [0.3, 0.4) is 0 Å². The van der Waals surface area contributed by atoms with Gasteiger partial charge in [-0.05, 0) is 59.8 Å². The standard InChI is InChI=1S/C18H10Cl3NO3S/c19-12-4-1-10(2-5-12)15(23)9-22-17(24)16(26-18(22)25)7-11-3-6-13(20)8-14(11)21/h1-8H,9H2/b16-7+. The molecule has 0 aliphatic carbocycles. The Labute approximate surface area is 168 Å². The molecule has 1 aliphatic heterocycles. The van der Waals surface area contributed by atoms with E-state index in [0.29, 0.717) is 26.2 Å². The molecular formula is C18H10Cl3NO3S. The lowest BCUT2D eigenvalue weighted by molar-refractivity contribution is -0.122. The molecule has 2 aromatic carbocycles. The average molecular weight is 427 g/mol. The highest BCUT2D eigenvalue weighted by molar-refractivity contribution is 8.18. The predicted molar refractivity (Wildman–Crippen MR) is 105 cm³/mol. The third-order valence-corrected chi connectivity index (χ3v) is 5.31. The monoisotopic (exact) mass is 425 g/mol. The Kier molecular flexibility index (Phi) is 5.73. The molecule has 26 heavy (non-hydrogen) atoms. The first-order valence-electron chi connectivity index (χ1n) is 7.34. The average Bonchev–Trinajstić information content (AvgIpc) is 2.85. The number of Topliss-reactive ketones (excluding diaryl/α,β-unsaturated/α-hetero) is 1. The zero-order valence-electron chi connectivity index (χ0n) is 13.0. The van der Waals surface area contributed by atoms with Crippen LogP contribution in [0.4, 0.5) is 4.79 Å². The largest absolute Gasteiger partial charge is 0.293 e. The van der Waals surface area contributed by atoms with E-state index in [1.54, 1.807) is 42.5 Å². The van der Waals surface area contributed by atoms with Gasteiger partial charge in [0.25, 0.3) is 11.1 Å². The molecule has 1 fully saturated rings. The molecule has 0 atom stereocenters. The van der Waals surface area contributed by atoms with Crippen molar-refractivity contribution in [1.82, 2.24) is 4.90 Å². The molecule has 0 aromatic heterocycles. The fourth-order valence-electron chi connectivity index (χ4n) is 2.27. The van der Waals surface area contributed by atoms with Gasteiger partial charge in [0.2, 0.25) is 0 Å². The predicted octanol–water partition coefficient (Wildman–Crippen LogP) is 5.57. The molecule has 1 heterocycles. The molecule has 1 aliphatic rings. The van der Waals surface area contributed by atoms with Crippen molar-refractivity contribution >= 4 is 69.6 Å². The highest BCUT2D eigenvalue weighted by atomic mass is 35.5. The summed E-state index contributed by atoms with van der Waals surface area (Å²) in [5.41, 5.74) is 0.934. The first kappa shape index (κ1) is 19.0. The molecule has 0 saturated carbocycles. The van der Waals surface area contributed by atoms with Gasteiger partial charge in [0.05, 0.1) is 11.4 Å². The Morgan fingerprint density at radius 1 is 1.00 bits per heavy atom. The van der Waals surface area contributed by atoms with Gasteiger partial charge in [0.15, 0.2) is 5.78 Å². The zero-order valence-corrected chi connectivity index (χ0v) is 16.1. The maximum atomic E-state index is 12.5. The highest BCUT2D eigenvalue weighted by Gasteiger charge is 2.36. The maximum absolute atomic E-state index is 12.5. The Morgan fingerprint density at radius 2 is 1.65 bits per heavy atom. The van der Waals surface area contributed by atoms with Gasteiger partial charge < -0.3 is 0 Å². The van der Waals surface area contributed by atoms with Crippen LogP contribution in [0.15, 0.2) is 47.4 Å². The second-order valence-corrected chi connectivity index (χ2v) is 7.64. The summed E-state index contributed by atoms with van der Waals surface area (Å²) in [7, 11) is 0. The van der Waals surface area contributed by atoms with Gasteiger partial charge in [-0.2, -0.15) is 0 Å². The minimum Gasteiger partial charge on any atom is -0.292 e. The summed E-state index contributed by atoms with van der Waals surface area (Å²) in [4.78, 5) is 38.1. The van der Waals surface area contributed by atoms with Crippen LogP contribution in [0, 0.1) is 0 Å². The van der Waals surface area contributed by atoms with Crippen molar-refractivity contribution in [3.63, 3.8) is 0 Å². The molecule has 0 spiro atoms. The third kappa shape index (κ3) is 4.13. The number of hydrogen-bond donors (Lipinski definition) is 0. The van der Waals surface area contributed by atoms with E-state index in [-0.39, 0.29) is 17.2 Å². The van der Waals surface area contributed by atoms with Gasteiger partial charge in [0.1, 0.15) is 0 Å². The first-order valence-corrected chi connectivity index (χ1v) is 9.29. The van der Waals surface area contributed by atoms with Gasteiger partial charge in [-0.25, -0.2) is 0 Å². The van der Waals surface area contributed by atoms with Gasteiger partial charge in [-0.15, -0.1) is 0 Å². The molecule has 0 radical (unpaired) electrons. The van der Waals surface area contributed by atoms with Crippen LogP contribution in [0.1, 0.15) is 15.9 Å². The van der Waals surface area contributed by atoms with Crippen molar-refractivity contribution in [2.24, 2.45) is 0 Å². The van der Waals surface area contributed by atoms with E-state index in [1.807, 2.05) is 0 Å². The smallest absolute Gasteiger partial charge is 0.292 e. The minimum atomic E-state index is -0.534. The summed E-state index contributed by atoms with van der Waals surface area (Å²) >= 11 is 18.5. The Bertz CT molecular complexity index is 941. The number of benzene rings is 2. The number of hydrogen-bond acceptors (Lipinski definition) is 4. The van der Waals surface area contributed by atoms with Crippen LogP contribution in [0.2, 0.25) is 15.1 Å². The summed E-state index contributed by atoms with van der Waals surface area (Å²) in [6.45, 7) is -0.335. The second-order valence-electron chi connectivity index (χ2n) is 5.36. The molecule has 2 aromatic rings. The van der Waals surface area contributed by atoms with Crippen molar-refractivity contribution in [3.8, 4) is 0 Å². The van der Waals surface area contributed by atoms with Crippen molar-refractivity contribution in [3.05, 3.63) is 73.6 Å². The summed E-state index contributed by atoms with van der Waals surface area (Å²) in [6, 6.07) is 11.1. The highest BCUT2D eigenvalue weighted by Crippen LogP contribution is 2.34. The van der Waals surface area contributed by atoms with E-state index in [0.717, 1.165) is 16.7 Å². The lowest BCUT2D eigenvalue weighted by Crippen LogP contribution is -2.33. The second kappa shape index (κ2) is 7.84. The Balaban J connectivity index is 1.79. The molecule has 8 heteroatoms. The van der Waals surface area contributed by atoms with Crippen molar-refractivity contribution in [1.29, 1.82) is 0 Å². The summed E-state index contributed by atoms with van der Waals surface area (Å²) in [5, 5.41) is 0.819. The molecule has 0 N–H and O–H groups in total. The fraction of sp³-hybridized carbons (Fsp3) is 0.0556. The summed E-state index contributed by atoms with van der Waals surface area (Å²) in [6.07, 6.45) is 1.51. The molecular weight excluding hydrogens is 417 g/mol. The number of amides is 2. The number of halogens is 3. The molecule has 3 rings (SSSR count). The van der Waals surface area contributed by atoms with Gasteiger partial charge in [0, 0.05) is 20.6 Å². The van der Waals surface area contributed by atoms with E-state index in [4.69, 9.17) is 34.8 Å². The minimum absolute atomic E-state index is 0.197. The normalized spacial score (nSPS) is 15.8. The van der Waals surface area contributed by atoms with Crippen LogP contribution in [-0.2, 0) is 4.79 Å². The fourth-order valence-corrected chi connectivity index (χ4v) is 3.68. The van der Waals surface area contributed by atoms with Crippen LogP contribution >= 0.6 is 46.6 Å². The van der Waals surface area contributed by atoms with E-state index in [9.17, 15) is 14.4 Å². The number of carbonyl (C=O) groups excluding carboxylic acids is 3. The summed E-state index contributed by atoms with van der Waals surface area (Å²) in [5.74, 6) is -0.886. The van der Waals surface area contributed by atoms with Crippen molar-refractivity contribution in [2.45, 2.75) is 0 Å². The van der Waals surface area contributed by atoms with E-state index in [2.05, 4.69) is 0 Å². The molecule has 132 valence electrons. The maximum Gasteiger partial charge on any atom is 0.293 e.